The van der Waals surface area contributed by atoms with Crippen molar-refractivity contribution >= 4 is 23.0 Å². The number of nitro benzene ring substituents is 3. The number of nitro groups is 3. The first-order chi connectivity index (χ1) is 14.0. The van der Waals surface area contributed by atoms with Crippen molar-refractivity contribution in [1.29, 1.82) is 0 Å². The summed E-state index contributed by atoms with van der Waals surface area (Å²) in [6.07, 6.45) is 2.27. The van der Waals surface area contributed by atoms with Gasteiger partial charge in [0.1, 0.15) is 0 Å². The summed E-state index contributed by atoms with van der Waals surface area (Å²) < 4.78 is 4.73. The number of ether oxygens (including phenoxy) is 1. The summed E-state index contributed by atoms with van der Waals surface area (Å²) >= 11 is 0. The molecule has 3 rings (SSSR count). The molecule has 2 aliphatic rings. The first-order valence-corrected chi connectivity index (χ1v) is 8.77. The number of hydrogen-bond donors (Lipinski definition) is 2. The summed E-state index contributed by atoms with van der Waals surface area (Å²) in [4.78, 5) is 41.5. The van der Waals surface area contributed by atoms with Gasteiger partial charge >= 0.3 is 17.3 Å². The highest BCUT2D eigenvalue weighted by atomic mass is 16.6. The van der Waals surface area contributed by atoms with E-state index in [0.717, 1.165) is 12.8 Å². The van der Waals surface area contributed by atoms with Crippen molar-refractivity contribution in [2.24, 2.45) is 5.92 Å². The van der Waals surface area contributed by atoms with Gasteiger partial charge in [-0.1, -0.05) is 0 Å². The average molecular weight is 428 g/mol. The van der Waals surface area contributed by atoms with Crippen LogP contribution in [0, 0.1) is 36.3 Å². The second-order valence-corrected chi connectivity index (χ2v) is 6.92. The number of aliphatic hydroxyl groups excluding tert-OH is 1. The number of piperidine rings is 1. The van der Waals surface area contributed by atoms with Gasteiger partial charge in [-0.2, -0.15) is 0 Å². The molecular weight excluding hydrogens is 408 g/mol. The third kappa shape index (κ3) is 4.44. The highest BCUT2D eigenvalue weighted by Gasteiger charge is 2.48. The number of carbonyl (C=O) groups is 1. The Morgan fingerprint density at radius 1 is 1.10 bits per heavy atom. The van der Waals surface area contributed by atoms with E-state index in [1.54, 1.807) is 0 Å². The van der Waals surface area contributed by atoms with E-state index in [0.29, 0.717) is 24.6 Å². The van der Waals surface area contributed by atoms with Crippen LogP contribution in [0.2, 0.25) is 0 Å². The fourth-order valence-corrected chi connectivity index (χ4v) is 3.86. The third-order valence-electron chi connectivity index (χ3n) is 5.37. The predicted octanol–water partition coefficient (Wildman–Crippen LogP) is 1.12. The Morgan fingerprint density at radius 2 is 1.63 bits per heavy atom. The molecule has 2 aliphatic heterocycles. The number of esters is 1. The van der Waals surface area contributed by atoms with Gasteiger partial charge in [0.15, 0.2) is 0 Å². The van der Waals surface area contributed by atoms with Crippen LogP contribution in [0.15, 0.2) is 12.1 Å². The van der Waals surface area contributed by atoms with Crippen molar-refractivity contribution in [3.8, 4) is 5.75 Å². The zero-order chi connectivity index (χ0) is 22.7. The third-order valence-corrected chi connectivity index (χ3v) is 5.37. The lowest BCUT2D eigenvalue weighted by atomic mass is 9.88. The Balaban J connectivity index is 0.000000215. The zero-order valence-electron chi connectivity index (χ0n) is 16.0. The lowest BCUT2D eigenvalue weighted by Crippen LogP contribution is -2.52. The molecule has 30 heavy (non-hydrogen) atoms. The standard InChI is InChI=1S/C10H17NO3.C6H3N3O7/c1-11-6-3-4-7(11)9(8(12)5-6)10(13)14-2;10-6-4(8(13)14)1-3(7(11)12)2-5(6)9(15)16/h6-9,12H,3-5H2,1-2H3;1-2,10H. The number of benzene rings is 1. The largest absolute Gasteiger partial charge is 0.497 e. The summed E-state index contributed by atoms with van der Waals surface area (Å²) in [7, 11) is 3.42. The van der Waals surface area contributed by atoms with Crippen molar-refractivity contribution in [2.75, 3.05) is 14.2 Å². The number of fused-ring (bicyclic) bond motifs is 2. The van der Waals surface area contributed by atoms with E-state index in [9.17, 15) is 40.2 Å². The lowest BCUT2D eigenvalue weighted by Gasteiger charge is -2.39. The van der Waals surface area contributed by atoms with Crippen molar-refractivity contribution in [2.45, 2.75) is 37.5 Å². The lowest BCUT2D eigenvalue weighted by molar-refractivity contribution is -0.404. The molecule has 1 aromatic rings. The SMILES string of the molecule is COC(=O)C1C(O)CC2CCC1N2C.O=[N+]([O-])c1cc([N+](=O)[O-])c(O)c([N+](=O)[O-])c1. The van der Waals surface area contributed by atoms with E-state index >= 15 is 0 Å². The molecule has 0 aliphatic carbocycles. The van der Waals surface area contributed by atoms with Crippen molar-refractivity contribution in [1.82, 2.24) is 4.90 Å². The molecule has 0 aromatic heterocycles. The topological polar surface area (TPSA) is 199 Å². The molecule has 1 aromatic carbocycles. The number of aliphatic hydroxyl groups is 1. The minimum Gasteiger partial charge on any atom is -0.497 e. The summed E-state index contributed by atoms with van der Waals surface area (Å²) in [5.74, 6) is -1.82. The fraction of sp³-hybridized carbons (Fsp3) is 0.562. The minimum atomic E-state index is -1.21. The first-order valence-electron chi connectivity index (χ1n) is 8.77. The first kappa shape index (κ1) is 22.9. The van der Waals surface area contributed by atoms with Crippen LogP contribution in [-0.2, 0) is 9.53 Å². The number of phenols is 1. The fourth-order valence-electron chi connectivity index (χ4n) is 3.86. The molecule has 2 fully saturated rings. The summed E-state index contributed by atoms with van der Waals surface area (Å²) in [6.45, 7) is 0. The van der Waals surface area contributed by atoms with Crippen LogP contribution in [0.4, 0.5) is 17.1 Å². The molecule has 0 saturated carbocycles. The molecule has 2 saturated heterocycles. The maximum Gasteiger partial charge on any atom is 0.324 e. The van der Waals surface area contributed by atoms with E-state index in [2.05, 4.69) is 4.90 Å². The Labute approximate surface area is 169 Å². The van der Waals surface area contributed by atoms with Crippen LogP contribution in [0.5, 0.6) is 5.75 Å². The Hall–Kier alpha value is -3.39. The zero-order valence-corrected chi connectivity index (χ0v) is 16.0. The number of non-ortho nitro benzene ring substituents is 1. The molecule has 164 valence electrons. The molecule has 2 N–H and O–H groups in total. The van der Waals surface area contributed by atoms with E-state index in [4.69, 9.17) is 9.84 Å². The minimum absolute atomic E-state index is 0.177. The number of carbonyl (C=O) groups excluding carboxylic acids is 1. The van der Waals surface area contributed by atoms with Gasteiger partial charge in [0.2, 0.25) is 0 Å². The van der Waals surface area contributed by atoms with E-state index < -0.39 is 43.7 Å². The maximum atomic E-state index is 11.5. The molecule has 2 bridgehead atoms. The molecule has 14 heteroatoms. The van der Waals surface area contributed by atoms with Crippen LogP contribution in [-0.4, -0.2) is 68.2 Å². The second-order valence-electron chi connectivity index (χ2n) is 6.92. The molecule has 0 amide bonds. The highest BCUT2D eigenvalue weighted by molar-refractivity contribution is 5.74. The smallest absolute Gasteiger partial charge is 0.324 e. The van der Waals surface area contributed by atoms with Gasteiger partial charge in [-0.3, -0.25) is 40.0 Å². The molecule has 0 spiro atoms. The van der Waals surface area contributed by atoms with Crippen LogP contribution < -0.4 is 0 Å². The summed E-state index contributed by atoms with van der Waals surface area (Å²) in [5.41, 5.74) is -3.00. The van der Waals surface area contributed by atoms with Crippen LogP contribution >= 0.6 is 0 Å². The average Bonchev–Trinajstić information content (AvgIpc) is 2.91. The van der Waals surface area contributed by atoms with Gasteiger partial charge in [0, 0.05) is 12.1 Å². The highest BCUT2D eigenvalue weighted by Crippen LogP contribution is 2.39. The monoisotopic (exact) mass is 428 g/mol. The van der Waals surface area contributed by atoms with E-state index in [1.165, 1.54) is 7.11 Å². The number of aromatic hydroxyl groups is 1. The van der Waals surface area contributed by atoms with E-state index in [-0.39, 0.29) is 17.9 Å². The summed E-state index contributed by atoms with van der Waals surface area (Å²) in [5, 5.41) is 50.1. The van der Waals surface area contributed by atoms with Gasteiger partial charge in [-0.05, 0) is 26.3 Å². The van der Waals surface area contributed by atoms with Crippen LogP contribution in [0.3, 0.4) is 0 Å². The molecule has 4 atom stereocenters. The van der Waals surface area contributed by atoms with Crippen molar-refractivity contribution in [3.63, 3.8) is 0 Å². The second kappa shape index (κ2) is 8.96. The quantitative estimate of drug-likeness (QED) is 0.395. The number of phenolic OH excluding ortho intramolecular Hbond substituents is 1. The Bertz CT molecular complexity index is 841. The molecule has 2 heterocycles. The van der Waals surface area contributed by atoms with Gasteiger partial charge in [0.05, 0.1) is 46.0 Å². The Morgan fingerprint density at radius 3 is 2.07 bits per heavy atom. The van der Waals surface area contributed by atoms with Crippen molar-refractivity contribution in [3.05, 3.63) is 42.5 Å². The number of hydrogen-bond acceptors (Lipinski definition) is 11. The van der Waals surface area contributed by atoms with Crippen LogP contribution in [0.1, 0.15) is 19.3 Å². The molecule has 4 unspecified atom stereocenters. The number of nitrogens with zero attached hydrogens (tertiary/aromatic N) is 4. The Kier molecular flexibility index (Phi) is 6.84. The van der Waals surface area contributed by atoms with Crippen molar-refractivity contribution < 1.29 is 34.5 Å². The van der Waals surface area contributed by atoms with Gasteiger partial charge in [-0.15, -0.1) is 0 Å². The number of methoxy groups -OCH3 is 1. The van der Waals surface area contributed by atoms with Crippen LogP contribution in [0.25, 0.3) is 0 Å². The summed E-state index contributed by atoms with van der Waals surface area (Å²) in [6, 6.07) is 1.53. The molecule has 14 nitrogen and oxygen atoms in total. The van der Waals surface area contributed by atoms with E-state index in [1.807, 2.05) is 7.05 Å². The normalized spacial score (nSPS) is 25.0. The molecule has 0 radical (unpaired) electrons. The maximum absolute atomic E-state index is 11.5. The predicted molar refractivity (Wildman–Crippen MR) is 98.8 cm³/mol. The van der Waals surface area contributed by atoms with Gasteiger partial charge in [0.25, 0.3) is 11.4 Å². The van der Waals surface area contributed by atoms with Gasteiger partial charge in [-0.25, -0.2) is 0 Å². The molecular formula is C16H20N4O10. The number of rotatable bonds is 4. The van der Waals surface area contributed by atoms with Gasteiger partial charge < -0.3 is 14.9 Å².